The summed E-state index contributed by atoms with van der Waals surface area (Å²) in [6, 6.07) is 17.9. The standard InChI is InChI=1S/C27H25FN2O4/c1-16(2)17-7-11-20(12-8-17)30-26(31)24(18-5-9-19(28)10-6-18)25(27(30)32)29-22-15-21(33-3)13-14-23(22)34-4/h5-16,29H,1-4H3. The number of benzene rings is 3. The summed E-state index contributed by atoms with van der Waals surface area (Å²) in [4.78, 5) is 28.3. The molecule has 0 saturated heterocycles. The summed E-state index contributed by atoms with van der Waals surface area (Å²) in [5, 5.41) is 3.08. The first-order chi connectivity index (χ1) is 16.3. The molecule has 1 N–H and O–H groups in total. The van der Waals surface area contributed by atoms with Crippen molar-refractivity contribution in [3.05, 3.63) is 89.4 Å². The van der Waals surface area contributed by atoms with Crippen LogP contribution in [0.2, 0.25) is 0 Å². The third-order valence-electron chi connectivity index (χ3n) is 5.70. The van der Waals surface area contributed by atoms with Crippen molar-refractivity contribution in [3.8, 4) is 11.5 Å². The molecule has 0 unspecified atom stereocenters. The molecule has 0 aliphatic carbocycles. The number of rotatable bonds is 7. The average molecular weight is 461 g/mol. The van der Waals surface area contributed by atoms with E-state index in [4.69, 9.17) is 9.47 Å². The predicted octanol–water partition coefficient (Wildman–Crippen LogP) is 5.36. The van der Waals surface area contributed by atoms with E-state index in [1.54, 1.807) is 30.3 Å². The van der Waals surface area contributed by atoms with Crippen LogP contribution in [0.4, 0.5) is 15.8 Å². The number of amides is 2. The van der Waals surface area contributed by atoms with Crippen LogP contribution in [0.15, 0.2) is 72.4 Å². The van der Waals surface area contributed by atoms with Gasteiger partial charge in [-0.15, -0.1) is 0 Å². The number of carbonyl (C=O) groups is 2. The van der Waals surface area contributed by atoms with Gasteiger partial charge in [-0.2, -0.15) is 0 Å². The summed E-state index contributed by atoms with van der Waals surface area (Å²) in [5.41, 5.74) is 2.63. The van der Waals surface area contributed by atoms with Crippen LogP contribution in [0.25, 0.3) is 5.57 Å². The van der Waals surface area contributed by atoms with Gasteiger partial charge in [-0.1, -0.05) is 38.1 Å². The van der Waals surface area contributed by atoms with Crippen molar-refractivity contribution in [2.75, 3.05) is 24.4 Å². The van der Waals surface area contributed by atoms with Crippen molar-refractivity contribution < 1.29 is 23.5 Å². The van der Waals surface area contributed by atoms with Crippen molar-refractivity contribution in [2.24, 2.45) is 0 Å². The van der Waals surface area contributed by atoms with E-state index in [1.165, 1.54) is 38.5 Å². The lowest BCUT2D eigenvalue weighted by Crippen LogP contribution is -2.32. The zero-order valence-corrected chi connectivity index (χ0v) is 19.4. The number of methoxy groups -OCH3 is 2. The SMILES string of the molecule is COc1ccc(OC)c(NC2=C(c3ccc(F)cc3)C(=O)N(c3ccc(C(C)C)cc3)C2=O)c1. The molecule has 0 bridgehead atoms. The number of imide groups is 1. The van der Waals surface area contributed by atoms with Crippen LogP contribution >= 0.6 is 0 Å². The van der Waals surface area contributed by atoms with E-state index in [9.17, 15) is 14.0 Å². The zero-order chi connectivity index (χ0) is 24.4. The Morgan fingerprint density at radius 1 is 0.853 bits per heavy atom. The lowest BCUT2D eigenvalue weighted by Gasteiger charge is -2.17. The molecular weight excluding hydrogens is 435 g/mol. The smallest absolute Gasteiger partial charge is 0.282 e. The summed E-state index contributed by atoms with van der Waals surface area (Å²) >= 11 is 0. The summed E-state index contributed by atoms with van der Waals surface area (Å²) in [7, 11) is 3.04. The maximum absolute atomic E-state index is 13.6. The second-order valence-corrected chi connectivity index (χ2v) is 8.14. The number of ether oxygens (including phenoxy) is 2. The fraction of sp³-hybridized carbons (Fsp3) is 0.185. The Bertz CT molecular complexity index is 1260. The van der Waals surface area contributed by atoms with E-state index in [-0.39, 0.29) is 11.3 Å². The monoisotopic (exact) mass is 460 g/mol. The fourth-order valence-electron chi connectivity index (χ4n) is 3.82. The van der Waals surface area contributed by atoms with Gasteiger partial charge in [-0.05, 0) is 53.4 Å². The normalized spacial score (nSPS) is 13.6. The summed E-state index contributed by atoms with van der Waals surface area (Å²) in [5.74, 6) is -0.141. The van der Waals surface area contributed by atoms with E-state index in [2.05, 4.69) is 19.2 Å². The van der Waals surface area contributed by atoms with Crippen LogP contribution in [0.1, 0.15) is 30.9 Å². The average Bonchev–Trinajstić information content (AvgIpc) is 3.08. The summed E-state index contributed by atoms with van der Waals surface area (Å²) in [6.45, 7) is 4.14. The van der Waals surface area contributed by atoms with Gasteiger partial charge in [0.25, 0.3) is 11.8 Å². The van der Waals surface area contributed by atoms with Gasteiger partial charge in [0.05, 0.1) is 31.2 Å². The Morgan fingerprint density at radius 3 is 2.12 bits per heavy atom. The van der Waals surface area contributed by atoms with Gasteiger partial charge in [-0.25, -0.2) is 9.29 Å². The minimum absolute atomic E-state index is 0.0658. The Kier molecular flexibility index (Phi) is 6.36. The van der Waals surface area contributed by atoms with Crippen LogP contribution in [0, 0.1) is 5.82 Å². The molecule has 1 aliphatic heterocycles. The van der Waals surface area contributed by atoms with Crippen molar-refractivity contribution in [1.29, 1.82) is 0 Å². The molecule has 0 spiro atoms. The molecule has 0 atom stereocenters. The van der Waals surface area contributed by atoms with E-state index in [1.807, 2.05) is 12.1 Å². The summed E-state index contributed by atoms with van der Waals surface area (Å²) < 4.78 is 24.3. The Morgan fingerprint density at radius 2 is 1.53 bits per heavy atom. The molecule has 0 saturated carbocycles. The van der Waals surface area contributed by atoms with Gasteiger partial charge in [-0.3, -0.25) is 9.59 Å². The highest BCUT2D eigenvalue weighted by Crippen LogP contribution is 2.37. The van der Waals surface area contributed by atoms with Gasteiger partial charge in [0, 0.05) is 6.07 Å². The number of hydrogen-bond donors (Lipinski definition) is 1. The first-order valence-electron chi connectivity index (χ1n) is 10.8. The molecule has 3 aromatic rings. The molecule has 0 aromatic heterocycles. The lowest BCUT2D eigenvalue weighted by atomic mass is 10.0. The largest absolute Gasteiger partial charge is 0.497 e. The maximum Gasteiger partial charge on any atom is 0.282 e. The summed E-state index contributed by atoms with van der Waals surface area (Å²) in [6.07, 6.45) is 0. The van der Waals surface area contributed by atoms with Crippen molar-refractivity contribution in [3.63, 3.8) is 0 Å². The highest BCUT2D eigenvalue weighted by Gasteiger charge is 2.40. The number of nitrogens with one attached hydrogen (secondary N) is 1. The molecular formula is C27H25FN2O4. The van der Waals surface area contributed by atoms with Crippen molar-refractivity contribution in [1.82, 2.24) is 0 Å². The molecule has 7 heteroatoms. The van der Waals surface area contributed by atoms with E-state index in [0.29, 0.717) is 34.4 Å². The number of anilines is 2. The molecule has 6 nitrogen and oxygen atoms in total. The van der Waals surface area contributed by atoms with Gasteiger partial charge in [0.15, 0.2) is 0 Å². The highest BCUT2D eigenvalue weighted by molar-refractivity contribution is 6.46. The molecule has 34 heavy (non-hydrogen) atoms. The van der Waals surface area contributed by atoms with Crippen molar-refractivity contribution >= 4 is 28.8 Å². The fourth-order valence-corrected chi connectivity index (χ4v) is 3.82. The molecule has 174 valence electrons. The predicted molar refractivity (Wildman–Crippen MR) is 130 cm³/mol. The number of nitrogens with zero attached hydrogens (tertiary/aromatic N) is 1. The van der Waals surface area contributed by atoms with E-state index in [0.717, 1.165) is 10.5 Å². The van der Waals surface area contributed by atoms with Gasteiger partial charge in [0.2, 0.25) is 0 Å². The van der Waals surface area contributed by atoms with Gasteiger partial charge < -0.3 is 14.8 Å². The third kappa shape index (κ3) is 4.24. The Hall–Kier alpha value is -4.13. The second kappa shape index (κ2) is 9.39. The van der Waals surface area contributed by atoms with E-state index < -0.39 is 17.6 Å². The number of hydrogen-bond acceptors (Lipinski definition) is 5. The minimum atomic E-state index is -0.522. The van der Waals surface area contributed by atoms with Gasteiger partial charge >= 0.3 is 0 Å². The molecule has 1 aliphatic rings. The Balaban J connectivity index is 1.82. The Labute approximate surface area is 197 Å². The molecule has 3 aromatic carbocycles. The molecule has 4 rings (SSSR count). The third-order valence-corrected chi connectivity index (χ3v) is 5.70. The zero-order valence-electron chi connectivity index (χ0n) is 19.4. The number of halogens is 1. The molecule has 2 amide bonds. The molecule has 0 radical (unpaired) electrons. The minimum Gasteiger partial charge on any atom is -0.497 e. The van der Waals surface area contributed by atoms with Crippen LogP contribution in [-0.4, -0.2) is 26.0 Å². The van der Waals surface area contributed by atoms with Crippen LogP contribution in [0.3, 0.4) is 0 Å². The van der Waals surface area contributed by atoms with Crippen molar-refractivity contribution in [2.45, 2.75) is 19.8 Å². The second-order valence-electron chi connectivity index (χ2n) is 8.14. The maximum atomic E-state index is 13.6. The quantitative estimate of drug-likeness (QED) is 0.481. The lowest BCUT2D eigenvalue weighted by molar-refractivity contribution is -0.120. The first-order valence-corrected chi connectivity index (χ1v) is 10.8. The topological polar surface area (TPSA) is 67.9 Å². The van der Waals surface area contributed by atoms with Crippen LogP contribution < -0.4 is 19.7 Å². The van der Waals surface area contributed by atoms with Crippen LogP contribution in [-0.2, 0) is 9.59 Å². The molecule has 0 fully saturated rings. The number of carbonyl (C=O) groups excluding carboxylic acids is 2. The highest BCUT2D eigenvalue weighted by atomic mass is 19.1. The van der Waals surface area contributed by atoms with Gasteiger partial charge in [0.1, 0.15) is 23.0 Å². The van der Waals surface area contributed by atoms with Crippen LogP contribution in [0.5, 0.6) is 11.5 Å². The molecule has 1 heterocycles. The first kappa shape index (κ1) is 23.0. The van der Waals surface area contributed by atoms with E-state index >= 15 is 0 Å².